The van der Waals surface area contributed by atoms with Gasteiger partial charge in [-0.2, -0.15) is 0 Å². The Morgan fingerprint density at radius 2 is 0.505 bits per heavy atom. The summed E-state index contributed by atoms with van der Waals surface area (Å²) in [7, 11) is -9.80. The number of phosphoric ester groups is 2. The molecule has 0 bridgehead atoms. The highest BCUT2D eigenvalue weighted by molar-refractivity contribution is 7.47. The molecule has 16 nitrogen and oxygen atoms in total. The Morgan fingerprint density at radius 3 is 0.798 bits per heavy atom. The van der Waals surface area contributed by atoms with Crippen LogP contribution in [0, 0.1) is 0 Å². The van der Waals surface area contributed by atoms with Crippen LogP contribution >= 0.6 is 15.6 Å². The van der Waals surface area contributed by atoms with E-state index < -0.39 is 91.5 Å². The molecule has 566 valence electrons. The Balaban J connectivity index is 4.55. The number of carbonyl (C=O) groups is 3. The van der Waals surface area contributed by atoms with E-state index in [-0.39, 0.29) is 19.3 Å². The van der Waals surface area contributed by atoms with Crippen LogP contribution in [0.1, 0.15) is 290 Å². The van der Waals surface area contributed by atoms with Gasteiger partial charge in [0.15, 0.2) is 6.10 Å². The SMILES string of the molecule is CC/C=C\C/C=C\C/C=C\C/C=C\C/C=C\CCCCCCCCCCCCCCCC(=O)OCC(O)COP(=O)(O)OCC(O)COP(=O)(O)OCC(COC(=O)CCCCCC/C=C\C/C=C\C/C=C\C/C=C\CC)OC(=O)CCCCCCCCC/C=C\C/C=C\C/C=C\CC. The van der Waals surface area contributed by atoms with Gasteiger partial charge in [-0.15, -0.1) is 0 Å². The summed E-state index contributed by atoms with van der Waals surface area (Å²) in [5, 5.41) is 20.6. The molecule has 18 heteroatoms. The summed E-state index contributed by atoms with van der Waals surface area (Å²) < 4.78 is 61.1. The zero-order valence-corrected chi connectivity index (χ0v) is 63.4. The number of rotatable bonds is 71. The van der Waals surface area contributed by atoms with Gasteiger partial charge in [0.05, 0.1) is 26.4 Å². The molecule has 0 saturated carbocycles. The van der Waals surface area contributed by atoms with E-state index in [1.54, 1.807) is 0 Å². The lowest BCUT2D eigenvalue weighted by Gasteiger charge is -2.21. The van der Waals surface area contributed by atoms with Crippen molar-refractivity contribution in [3.8, 4) is 0 Å². The fraction of sp³-hybridized carbons (Fsp3) is 0.667. The van der Waals surface area contributed by atoms with Gasteiger partial charge in [-0.3, -0.25) is 32.5 Å². The molecule has 5 unspecified atom stereocenters. The fourth-order valence-electron chi connectivity index (χ4n) is 9.84. The number of phosphoric acid groups is 2. The summed E-state index contributed by atoms with van der Waals surface area (Å²) in [6.45, 7) is 2.30. The first-order valence-electron chi connectivity index (χ1n) is 38.1. The van der Waals surface area contributed by atoms with Crippen molar-refractivity contribution < 1.29 is 75.8 Å². The molecule has 5 atom stereocenters. The maximum absolute atomic E-state index is 13.0. The van der Waals surface area contributed by atoms with Crippen LogP contribution in [-0.2, 0) is 55.8 Å². The van der Waals surface area contributed by atoms with Crippen molar-refractivity contribution in [3.63, 3.8) is 0 Å². The second-order valence-electron chi connectivity index (χ2n) is 25.0. The highest BCUT2D eigenvalue weighted by atomic mass is 31.2. The van der Waals surface area contributed by atoms with Crippen LogP contribution in [0.3, 0.4) is 0 Å². The normalized spacial score (nSPS) is 14.9. The summed E-state index contributed by atoms with van der Waals surface area (Å²) in [6, 6.07) is 0. The number of unbranched alkanes of at least 4 members (excludes halogenated alkanes) is 24. The van der Waals surface area contributed by atoms with Gasteiger partial charge < -0.3 is 34.2 Å². The summed E-state index contributed by atoms with van der Waals surface area (Å²) in [5.41, 5.74) is 0. The molecular formula is C81H136O16P2. The molecule has 0 rings (SSSR count). The predicted molar refractivity (Wildman–Crippen MR) is 408 cm³/mol. The number of aliphatic hydroxyl groups is 2. The number of esters is 3. The third-order valence-corrected chi connectivity index (χ3v) is 17.4. The number of hydrogen-bond donors (Lipinski definition) is 4. The number of allylic oxidation sites excluding steroid dienone is 24. The summed E-state index contributed by atoms with van der Waals surface area (Å²) in [5.74, 6) is -1.62. The third kappa shape index (κ3) is 74.4. The van der Waals surface area contributed by atoms with E-state index >= 15 is 0 Å². The van der Waals surface area contributed by atoms with Crippen molar-refractivity contribution in [2.75, 3.05) is 39.6 Å². The van der Waals surface area contributed by atoms with Crippen molar-refractivity contribution in [1.82, 2.24) is 0 Å². The molecule has 0 spiro atoms. The van der Waals surface area contributed by atoms with Crippen LogP contribution in [0.2, 0.25) is 0 Å². The van der Waals surface area contributed by atoms with Gasteiger partial charge in [0, 0.05) is 19.3 Å². The molecule has 0 amide bonds. The zero-order chi connectivity index (χ0) is 72.3. The van der Waals surface area contributed by atoms with E-state index in [0.717, 1.165) is 173 Å². The number of ether oxygens (including phenoxy) is 3. The van der Waals surface area contributed by atoms with E-state index in [2.05, 4.69) is 167 Å². The zero-order valence-electron chi connectivity index (χ0n) is 61.6. The first-order chi connectivity index (χ1) is 48.2. The average Bonchev–Trinajstić information content (AvgIpc) is 2.18. The van der Waals surface area contributed by atoms with E-state index in [9.17, 15) is 43.5 Å². The molecule has 4 N–H and O–H groups in total. The van der Waals surface area contributed by atoms with Gasteiger partial charge in [0.25, 0.3) is 0 Å². The van der Waals surface area contributed by atoms with Crippen molar-refractivity contribution in [2.45, 2.75) is 309 Å². The van der Waals surface area contributed by atoms with Gasteiger partial charge >= 0.3 is 33.6 Å². The Labute approximate surface area is 600 Å². The van der Waals surface area contributed by atoms with Crippen LogP contribution in [-0.4, -0.2) is 95.9 Å². The maximum atomic E-state index is 13.0. The minimum Gasteiger partial charge on any atom is -0.463 e. The molecule has 0 aromatic rings. The van der Waals surface area contributed by atoms with E-state index in [1.165, 1.54) is 57.8 Å². The highest BCUT2D eigenvalue weighted by Gasteiger charge is 2.29. The quantitative estimate of drug-likeness (QED) is 0.0146. The molecule has 0 heterocycles. The molecular weight excluding hydrogens is 1290 g/mol. The lowest BCUT2D eigenvalue weighted by atomic mass is 10.0. The standard InChI is InChI=1S/C81H136O16P2/c1-4-7-10-13-16-19-22-25-28-31-32-33-34-35-36-37-38-39-40-41-42-45-47-49-52-55-58-61-64-67-79(84)91-70-76(82)71-93-98(87,88)94-72-77(83)73-95-99(89,90)96-75-78(97-81(86)69-66-63-60-57-54-51-48-44-30-27-24-21-18-15-12-9-6-3)74-92-80(85)68-65-62-59-56-53-50-46-43-29-26-23-20-17-14-11-8-5-2/h7-12,16-21,25-30,32-33,35-36,46,50,76-78,82-83H,4-6,13-15,22-24,31,34,37-45,47-49,51-75H2,1-3H3,(H,87,88)(H,89,90)/b10-7-,11-8-,12-9-,19-16-,20-17-,21-18-,28-25-,29-26-,30-27-,33-32-,36-35-,50-46-. The number of aliphatic hydroxyl groups excluding tert-OH is 2. The summed E-state index contributed by atoms with van der Waals surface area (Å²) in [6.07, 6.45) is 89.0. The molecule has 0 radical (unpaired) electrons. The fourth-order valence-corrected chi connectivity index (χ4v) is 11.4. The topological polar surface area (TPSA) is 231 Å². The van der Waals surface area contributed by atoms with Gasteiger partial charge in [-0.05, 0) is 135 Å². The van der Waals surface area contributed by atoms with Crippen molar-refractivity contribution in [1.29, 1.82) is 0 Å². The lowest BCUT2D eigenvalue weighted by molar-refractivity contribution is -0.161. The smallest absolute Gasteiger partial charge is 0.463 e. The van der Waals surface area contributed by atoms with Gasteiger partial charge in [-0.25, -0.2) is 9.13 Å². The molecule has 0 fully saturated rings. The Kier molecular flexibility index (Phi) is 69.8. The van der Waals surface area contributed by atoms with Gasteiger partial charge in [-0.1, -0.05) is 282 Å². The van der Waals surface area contributed by atoms with Gasteiger partial charge in [0.2, 0.25) is 0 Å². The minimum absolute atomic E-state index is 0.0839. The molecule has 0 aliphatic carbocycles. The van der Waals surface area contributed by atoms with Crippen LogP contribution in [0.5, 0.6) is 0 Å². The largest absolute Gasteiger partial charge is 0.472 e. The molecule has 0 aromatic carbocycles. The van der Waals surface area contributed by atoms with E-state index in [1.807, 2.05) is 0 Å². The summed E-state index contributed by atoms with van der Waals surface area (Å²) >= 11 is 0. The highest BCUT2D eigenvalue weighted by Crippen LogP contribution is 2.45. The Morgan fingerprint density at radius 1 is 0.283 bits per heavy atom. The van der Waals surface area contributed by atoms with E-state index in [4.69, 9.17) is 32.3 Å². The minimum atomic E-state index is -4.94. The second-order valence-corrected chi connectivity index (χ2v) is 27.9. The Hall–Kier alpha value is -4.57. The van der Waals surface area contributed by atoms with Crippen molar-refractivity contribution >= 4 is 33.6 Å². The van der Waals surface area contributed by atoms with Crippen LogP contribution in [0.4, 0.5) is 0 Å². The van der Waals surface area contributed by atoms with Gasteiger partial charge in [0.1, 0.15) is 25.4 Å². The van der Waals surface area contributed by atoms with Crippen LogP contribution < -0.4 is 0 Å². The molecule has 0 aliphatic rings. The van der Waals surface area contributed by atoms with Crippen LogP contribution in [0.15, 0.2) is 146 Å². The number of carbonyl (C=O) groups excluding carboxylic acids is 3. The predicted octanol–water partition coefficient (Wildman–Crippen LogP) is 22.1. The molecule has 0 aromatic heterocycles. The van der Waals surface area contributed by atoms with E-state index in [0.29, 0.717) is 19.3 Å². The average molecular weight is 1430 g/mol. The first kappa shape index (κ1) is 94.4. The molecule has 0 aliphatic heterocycles. The van der Waals surface area contributed by atoms with Crippen molar-refractivity contribution in [3.05, 3.63) is 146 Å². The first-order valence-corrected chi connectivity index (χ1v) is 41.1. The molecule has 0 saturated heterocycles. The second kappa shape index (κ2) is 73.2. The monoisotopic (exact) mass is 1430 g/mol. The number of hydrogen-bond acceptors (Lipinski definition) is 14. The Bertz CT molecular complexity index is 2380. The van der Waals surface area contributed by atoms with Crippen molar-refractivity contribution in [2.24, 2.45) is 0 Å². The maximum Gasteiger partial charge on any atom is 0.472 e. The van der Waals surface area contributed by atoms with Crippen LogP contribution in [0.25, 0.3) is 0 Å². The lowest BCUT2D eigenvalue weighted by Crippen LogP contribution is -2.30. The third-order valence-electron chi connectivity index (χ3n) is 15.5. The summed E-state index contributed by atoms with van der Waals surface area (Å²) in [4.78, 5) is 58.6. The molecule has 99 heavy (non-hydrogen) atoms.